The van der Waals surface area contributed by atoms with Crippen molar-refractivity contribution < 1.29 is 13.6 Å². The molecule has 5 heteroatoms. The van der Waals surface area contributed by atoms with Crippen molar-refractivity contribution in [3.05, 3.63) is 29.3 Å². The van der Waals surface area contributed by atoms with Crippen LogP contribution in [-0.4, -0.2) is 23.8 Å². The molecule has 0 saturated carbocycles. The van der Waals surface area contributed by atoms with Crippen LogP contribution in [0.4, 0.5) is 8.78 Å². The number of hydrogen-bond donors (Lipinski definition) is 0. The van der Waals surface area contributed by atoms with Gasteiger partial charge in [-0.1, -0.05) is 23.4 Å². The number of carbonyl (C=O) groups excluding carboxylic acids is 1. The average Bonchev–Trinajstić information content (AvgIpc) is 2.53. The van der Waals surface area contributed by atoms with Gasteiger partial charge in [-0.2, -0.15) is 0 Å². The topological polar surface area (TPSA) is 29.4 Å². The van der Waals surface area contributed by atoms with E-state index in [0.717, 1.165) is 22.2 Å². The summed E-state index contributed by atoms with van der Waals surface area (Å²) < 4.78 is 24.0. The number of thioether (sulfide) groups is 1. The van der Waals surface area contributed by atoms with Gasteiger partial charge in [-0.25, -0.2) is 8.78 Å². The van der Waals surface area contributed by atoms with Gasteiger partial charge in [0.2, 0.25) is 5.78 Å². The van der Waals surface area contributed by atoms with Crippen LogP contribution in [0.5, 0.6) is 0 Å². The summed E-state index contributed by atoms with van der Waals surface area (Å²) in [6.07, 6.45) is -2.51. The number of aryl methyl sites for hydroxylation is 1. The molecule has 84 valence electrons. The first-order valence-electron chi connectivity index (χ1n) is 4.73. The number of ketones is 1. The fraction of sp³-hybridized carbons (Fsp3) is 0.273. The van der Waals surface area contributed by atoms with E-state index in [1.807, 2.05) is 19.1 Å². The van der Waals surface area contributed by atoms with Crippen molar-refractivity contribution in [1.82, 2.24) is 0 Å². The standard InChI is InChI=1S/C11H9F2NOS/c1-6-2-3-8-7(4-6)10(15)11(16-8)14-5-9(12)13/h2-4,9H,5H2,1H3. The number of rotatable bonds is 2. The lowest BCUT2D eigenvalue weighted by molar-refractivity contribution is 0.106. The number of aliphatic imine (C=N–C) groups is 1. The average molecular weight is 241 g/mol. The zero-order valence-electron chi connectivity index (χ0n) is 8.54. The lowest BCUT2D eigenvalue weighted by atomic mass is 10.1. The van der Waals surface area contributed by atoms with E-state index < -0.39 is 13.0 Å². The van der Waals surface area contributed by atoms with Crippen LogP contribution in [0.25, 0.3) is 0 Å². The second-order valence-corrected chi connectivity index (χ2v) is 4.50. The molecule has 0 spiro atoms. The van der Waals surface area contributed by atoms with E-state index in [0.29, 0.717) is 5.56 Å². The molecule has 0 N–H and O–H groups in total. The van der Waals surface area contributed by atoms with E-state index in [9.17, 15) is 13.6 Å². The number of Topliss-reactive ketones (excluding diaryl/α,β-unsaturated/α-hetero) is 1. The van der Waals surface area contributed by atoms with Gasteiger partial charge in [0, 0.05) is 10.5 Å². The molecule has 0 amide bonds. The molecule has 0 atom stereocenters. The van der Waals surface area contributed by atoms with Crippen LogP contribution in [0.3, 0.4) is 0 Å². The minimum absolute atomic E-state index is 0.168. The van der Waals surface area contributed by atoms with Crippen LogP contribution in [0.2, 0.25) is 0 Å². The molecule has 1 aliphatic rings. The molecule has 0 bridgehead atoms. The number of hydrogen-bond acceptors (Lipinski definition) is 3. The third-order valence-electron chi connectivity index (χ3n) is 2.15. The Hall–Kier alpha value is -1.23. The first-order chi connectivity index (χ1) is 7.58. The highest BCUT2D eigenvalue weighted by Crippen LogP contribution is 2.33. The highest BCUT2D eigenvalue weighted by Gasteiger charge is 2.27. The Morgan fingerprint density at radius 2 is 2.19 bits per heavy atom. The van der Waals surface area contributed by atoms with Gasteiger partial charge in [-0.05, 0) is 19.1 Å². The summed E-state index contributed by atoms with van der Waals surface area (Å²) in [6, 6.07) is 5.46. The highest BCUT2D eigenvalue weighted by atomic mass is 32.2. The van der Waals surface area contributed by atoms with Gasteiger partial charge in [0.1, 0.15) is 11.6 Å². The van der Waals surface area contributed by atoms with Crippen molar-refractivity contribution in [2.45, 2.75) is 18.2 Å². The summed E-state index contributed by atoms with van der Waals surface area (Å²) in [5, 5.41) is 0.168. The predicted octanol–water partition coefficient (Wildman–Crippen LogP) is 2.95. The molecular formula is C11H9F2NOS. The van der Waals surface area contributed by atoms with Crippen LogP contribution in [0, 0.1) is 6.92 Å². The largest absolute Gasteiger partial charge is 0.286 e. The molecule has 0 aromatic heterocycles. The van der Waals surface area contributed by atoms with Crippen LogP contribution >= 0.6 is 11.8 Å². The maximum atomic E-state index is 12.0. The maximum absolute atomic E-state index is 12.0. The highest BCUT2D eigenvalue weighted by molar-refractivity contribution is 8.16. The third kappa shape index (κ3) is 2.14. The van der Waals surface area contributed by atoms with Crippen molar-refractivity contribution in [3.8, 4) is 0 Å². The molecule has 2 rings (SSSR count). The Morgan fingerprint density at radius 3 is 2.88 bits per heavy atom. The SMILES string of the molecule is Cc1ccc2c(c1)C(=O)C(=NCC(F)F)S2. The van der Waals surface area contributed by atoms with E-state index in [1.165, 1.54) is 0 Å². The molecule has 0 fully saturated rings. The number of fused-ring (bicyclic) bond motifs is 1. The molecule has 1 aliphatic heterocycles. The summed E-state index contributed by atoms with van der Waals surface area (Å²) in [4.78, 5) is 16.2. The summed E-state index contributed by atoms with van der Waals surface area (Å²) in [5.41, 5.74) is 1.54. The molecule has 1 aromatic rings. The number of halogens is 2. The van der Waals surface area contributed by atoms with Crippen molar-refractivity contribution in [2.75, 3.05) is 6.54 Å². The van der Waals surface area contributed by atoms with Gasteiger partial charge < -0.3 is 0 Å². The molecule has 0 aliphatic carbocycles. The smallest absolute Gasteiger partial charge is 0.257 e. The Morgan fingerprint density at radius 1 is 1.44 bits per heavy atom. The quantitative estimate of drug-likeness (QED) is 0.796. The van der Waals surface area contributed by atoms with E-state index in [-0.39, 0.29) is 10.8 Å². The predicted molar refractivity (Wildman–Crippen MR) is 59.7 cm³/mol. The lowest BCUT2D eigenvalue weighted by Crippen LogP contribution is -2.07. The summed E-state index contributed by atoms with van der Waals surface area (Å²) in [6.45, 7) is 1.27. The Kier molecular flexibility index (Phi) is 3.05. The minimum Gasteiger partial charge on any atom is -0.286 e. The monoisotopic (exact) mass is 241 g/mol. The summed E-state index contributed by atoms with van der Waals surface area (Å²) >= 11 is 1.16. The van der Waals surface area contributed by atoms with Gasteiger partial charge in [-0.3, -0.25) is 9.79 Å². The second-order valence-electron chi connectivity index (χ2n) is 3.47. The van der Waals surface area contributed by atoms with Crippen LogP contribution in [0.1, 0.15) is 15.9 Å². The number of nitrogens with zero attached hydrogens (tertiary/aromatic N) is 1. The maximum Gasteiger partial charge on any atom is 0.257 e. The Labute approximate surface area is 95.8 Å². The van der Waals surface area contributed by atoms with E-state index in [2.05, 4.69) is 4.99 Å². The van der Waals surface area contributed by atoms with Crippen LogP contribution in [0.15, 0.2) is 28.1 Å². The lowest BCUT2D eigenvalue weighted by Gasteiger charge is -1.95. The summed E-state index contributed by atoms with van der Waals surface area (Å²) in [7, 11) is 0. The summed E-state index contributed by atoms with van der Waals surface area (Å²) in [5.74, 6) is -0.246. The van der Waals surface area contributed by atoms with Crippen LogP contribution < -0.4 is 0 Å². The Bertz CT molecular complexity index is 471. The molecule has 0 unspecified atom stereocenters. The molecule has 1 aromatic carbocycles. The first kappa shape index (κ1) is 11.3. The second kappa shape index (κ2) is 4.33. The number of alkyl halides is 2. The van der Waals surface area contributed by atoms with Crippen LogP contribution in [-0.2, 0) is 0 Å². The molecule has 0 saturated heterocycles. The minimum atomic E-state index is -2.51. The van der Waals surface area contributed by atoms with E-state index >= 15 is 0 Å². The van der Waals surface area contributed by atoms with Gasteiger partial charge in [0.25, 0.3) is 6.43 Å². The van der Waals surface area contributed by atoms with Gasteiger partial charge in [0.05, 0.1) is 0 Å². The van der Waals surface area contributed by atoms with E-state index in [1.54, 1.807) is 6.07 Å². The van der Waals surface area contributed by atoms with Crippen molar-refractivity contribution in [2.24, 2.45) is 4.99 Å². The fourth-order valence-electron chi connectivity index (χ4n) is 1.43. The van der Waals surface area contributed by atoms with Gasteiger partial charge >= 0.3 is 0 Å². The van der Waals surface area contributed by atoms with E-state index in [4.69, 9.17) is 0 Å². The van der Waals surface area contributed by atoms with Crippen molar-refractivity contribution in [3.63, 3.8) is 0 Å². The number of carbonyl (C=O) groups is 1. The number of benzene rings is 1. The normalized spacial score (nSPS) is 17.2. The zero-order valence-corrected chi connectivity index (χ0v) is 9.35. The van der Waals surface area contributed by atoms with Gasteiger partial charge in [0.15, 0.2) is 0 Å². The molecule has 0 radical (unpaired) electrons. The fourth-order valence-corrected chi connectivity index (χ4v) is 2.38. The molecule has 2 nitrogen and oxygen atoms in total. The Balaban J connectivity index is 2.27. The zero-order chi connectivity index (χ0) is 11.7. The third-order valence-corrected chi connectivity index (χ3v) is 3.24. The van der Waals surface area contributed by atoms with Gasteiger partial charge in [-0.15, -0.1) is 0 Å². The first-order valence-corrected chi connectivity index (χ1v) is 5.55. The molecular weight excluding hydrogens is 232 g/mol. The van der Waals surface area contributed by atoms with Crippen molar-refractivity contribution in [1.29, 1.82) is 0 Å². The van der Waals surface area contributed by atoms with Crippen molar-refractivity contribution >= 4 is 22.6 Å². The molecule has 1 heterocycles. The molecule has 16 heavy (non-hydrogen) atoms.